The third-order valence-electron chi connectivity index (χ3n) is 2.25. The molecule has 0 spiro atoms. The van der Waals surface area contributed by atoms with Crippen LogP contribution in [-0.2, 0) is 4.74 Å². The second-order valence-corrected chi connectivity index (χ2v) is 3.47. The number of nitrogens with zero attached hydrogens (tertiary/aromatic N) is 2. The minimum absolute atomic E-state index is 0.0319. The number of aromatic carboxylic acids is 1. The molecular formula is C8H9ClN2O3. The first-order chi connectivity index (χ1) is 6.70. The second kappa shape index (κ2) is 3.59. The van der Waals surface area contributed by atoms with E-state index >= 15 is 0 Å². The molecule has 1 aliphatic heterocycles. The van der Waals surface area contributed by atoms with Gasteiger partial charge in [0.05, 0.1) is 19.0 Å². The lowest BCUT2D eigenvalue weighted by atomic mass is 10.2. The zero-order valence-corrected chi connectivity index (χ0v) is 8.07. The molecule has 1 atom stereocenters. The SMILES string of the molecule is O=C(O)c1c(Cl)ncn1[C@H]1CCOC1. The molecule has 1 aliphatic rings. The van der Waals surface area contributed by atoms with Crippen LogP contribution in [0, 0.1) is 0 Å². The van der Waals surface area contributed by atoms with E-state index in [0.717, 1.165) is 6.42 Å². The molecule has 5 nitrogen and oxygen atoms in total. The minimum atomic E-state index is -1.06. The Morgan fingerprint density at radius 1 is 1.79 bits per heavy atom. The molecule has 0 unspecified atom stereocenters. The predicted octanol–water partition coefficient (Wildman–Crippen LogP) is 1.20. The molecule has 0 saturated carbocycles. The fraction of sp³-hybridized carbons (Fsp3) is 0.500. The predicted molar refractivity (Wildman–Crippen MR) is 48.7 cm³/mol. The van der Waals surface area contributed by atoms with Gasteiger partial charge in [-0.15, -0.1) is 0 Å². The van der Waals surface area contributed by atoms with Crippen molar-refractivity contribution >= 4 is 17.6 Å². The van der Waals surface area contributed by atoms with Crippen LogP contribution in [0.2, 0.25) is 5.15 Å². The smallest absolute Gasteiger partial charge is 0.355 e. The van der Waals surface area contributed by atoms with Crippen molar-refractivity contribution in [2.75, 3.05) is 13.2 Å². The van der Waals surface area contributed by atoms with Crippen LogP contribution in [0.1, 0.15) is 23.0 Å². The molecule has 76 valence electrons. The number of hydrogen-bond acceptors (Lipinski definition) is 3. The molecule has 6 heteroatoms. The van der Waals surface area contributed by atoms with E-state index in [2.05, 4.69) is 4.98 Å². The summed E-state index contributed by atoms with van der Waals surface area (Å²) < 4.78 is 6.74. The second-order valence-electron chi connectivity index (χ2n) is 3.11. The summed E-state index contributed by atoms with van der Waals surface area (Å²) in [6.07, 6.45) is 2.25. The average Bonchev–Trinajstić information content (AvgIpc) is 2.70. The molecule has 0 amide bonds. The zero-order chi connectivity index (χ0) is 10.1. The number of aromatic nitrogens is 2. The average molecular weight is 217 g/mol. The van der Waals surface area contributed by atoms with Gasteiger partial charge in [-0.3, -0.25) is 0 Å². The van der Waals surface area contributed by atoms with Gasteiger partial charge in [0.25, 0.3) is 0 Å². The summed E-state index contributed by atoms with van der Waals surface area (Å²) in [7, 11) is 0. The van der Waals surface area contributed by atoms with Gasteiger partial charge in [0.2, 0.25) is 0 Å². The van der Waals surface area contributed by atoms with Crippen LogP contribution in [0.4, 0.5) is 0 Å². The Hall–Kier alpha value is -1.07. The summed E-state index contributed by atoms with van der Waals surface area (Å²) in [5, 5.41) is 8.94. The lowest BCUT2D eigenvalue weighted by molar-refractivity contribution is 0.0682. The molecule has 0 radical (unpaired) electrons. The maximum Gasteiger partial charge on any atom is 0.355 e. The Balaban J connectivity index is 2.37. The summed E-state index contributed by atoms with van der Waals surface area (Å²) >= 11 is 5.66. The molecule has 0 aromatic carbocycles. The van der Waals surface area contributed by atoms with Gasteiger partial charge in [-0.05, 0) is 6.42 Å². The Morgan fingerprint density at radius 2 is 2.57 bits per heavy atom. The van der Waals surface area contributed by atoms with Gasteiger partial charge < -0.3 is 14.4 Å². The van der Waals surface area contributed by atoms with E-state index in [0.29, 0.717) is 13.2 Å². The highest BCUT2D eigenvalue weighted by Gasteiger charge is 2.24. The van der Waals surface area contributed by atoms with Gasteiger partial charge in [-0.25, -0.2) is 9.78 Å². The van der Waals surface area contributed by atoms with Crippen molar-refractivity contribution in [3.8, 4) is 0 Å². The van der Waals surface area contributed by atoms with E-state index in [1.807, 2.05) is 0 Å². The number of ether oxygens (including phenoxy) is 1. The molecule has 1 aromatic heterocycles. The van der Waals surface area contributed by atoms with Crippen molar-refractivity contribution in [2.45, 2.75) is 12.5 Å². The highest BCUT2D eigenvalue weighted by atomic mass is 35.5. The lowest BCUT2D eigenvalue weighted by Crippen LogP contribution is -2.14. The molecule has 0 bridgehead atoms. The molecule has 14 heavy (non-hydrogen) atoms. The number of halogens is 1. The molecule has 2 heterocycles. The van der Waals surface area contributed by atoms with Crippen LogP contribution >= 0.6 is 11.6 Å². The summed E-state index contributed by atoms with van der Waals surface area (Å²) in [6, 6.07) is 0.0427. The molecule has 1 N–H and O–H groups in total. The van der Waals surface area contributed by atoms with Crippen molar-refractivity contribution in [1.29, 1.82) is 0 Å². The fourth-order valence-electron chi connectivity index (χ4n) is 1.56. The summed E-state index contributed by atoms with van der Waals surface area (Å²) in [4.78, 5) is 14.6. The van der Waals surface area contributed by atoms with Gasteiger partial charge in [0.15, 0.2) is 10.8 Å². The van der Waals surface area contributed by atoms with Crippen LogP contribution in [-0.4, -0.2) is 33.8 Å². The van der Waals surface area contributed by atoms with E-state index in [4.69, 9.17) is 21.4 Å². The summed E-state index contributed by atoms with van der Waals surface area (Å²) in [5.74, 6) is -1.06. The number of carboxylic acid groups (broad SMARTS) is 1. The molecule has 1 aromatic rings. The molecule has 2 rings (SSSR count). The normalized spacial score (nSPS) is 21.4. The van der Waals surface area contributed by atoms with Gasteiger partial charge in [0, 0.05) is 6.61 Å². The first kappa shape index (κ1) is 9.48. The number of hydrogen-bond donors (Lipinski definition) is 1. The Bertz CT molecular complexity index is 357. The quantitative estimate of drug-likeness (QED) is 0.807. The molecule has 1 fully saturated rings. The monoisotopic (exact) mass is 216 g/mol. The van der Waals surface area contributed by atoms with Crippen LogP contribution in [0.5, 0.6) is 0 Å². The third-order valence-corrected chi connectivity index (χ3v) is 2.53. The highest BCUT2D eigenvalue weighted by molar-refractivity contribution is 6.32. The largest absolute Gasteiger partial charge is 0.476 e. The van der Waals surface area contributed by atoms with E-state index in [1.54, 1.807) is 4.57 Å². The summed E-state index contributed by atoms with van der Waals surface area (Å²) in [5.41, 5.74) is 0.0437. The number of imidazole rings is 1. The number of carbonyl (C=O) groups is 1. The van der Waals surface area contributed by atoms with Crippen LogP contribution < -0.4 is 0 Å². The van der Waals surface area contributed by atoms with Gasteiger partial charge in [0.1, 0.15) is 0 Å². The molecular weight excluding hydrogens is 208 g/mol. The highest BCUT2D eigenvalue weighted by Crippen LogP contribution is 2.24. The maximum atomic E-state index is 10.9. The standard InChI is InChI=1S/C8H9ClN2O3/c9-7-6(8(12)13)11(4-10-7)5-1-2-14-3-5/h4-5H,1-3H2,(H,12,13)/t5-/m0/s1. The van der Waals surface area contributed by atoms with Gasteiger partial charge >= 0.3 is 5.97 Å². The molecule has 0 aliphatic carbocycles. The van der Waals surface area contributed by atoms with Crippen LogP contribution in [0.25, 0.3) is 0 Å². The van der Waals surface area contributed by atoms with Gasteiger partial charge in [-0.1, -0.05) is 11.6 Å². The van der Waals surface area contributed by atoms with Crippen LogP contribution in [0.3, 0.4) is 0 Å². The topological polar surface area (TPSA) is 64.3 Å². The van der Waals surface area contributed by atoms with E-state index in [-0.39, 0.29) is 16.9 Å². The minimum Gasteiger partial charge on any atom is -0.476 e. The lowest BCUT2D eigenvalue weighted by Gasteiger charge is -2.10. The first-order valence-electron chi connectivity index (χ1n) is 4.23. The van der Waals surface area contributed by atoms with Crippen molar-refractivity contribution < 1.29 is 14.6 Å². The van der Waals surface area contributed by atoms with Gasteiger partial charge in [-0.2, -0.15) is 0 Å². The first-order valence-corrected chi connectivity index (χ1v) is 4.61. The van der Waals surface area contributed by atoms with Crippen molar-refractivity contribution in [3.05, 3.63) is 17.2 Å². The Kier molecular flexibility index (Phi) is 2.43. The fourth-order valence-corrected chi connectivity index (χ4v) is 1.78. The number of carboxylic acids is 1. The van der Waals surface area contributed by atoms with Crippen molar-refractivity contribution in [3.63, 3.8) is 0 Å². The van der Waals surface area contributed by atoms with Crippen molar-refractivity contribution in [1.82, 2.24) is 9.55 Å². The van der Waals surface area contributed by atoms with E-state index < -0.39 is 5.97 Å². The van der Waals surface area contributed by atoms with Crippen LogP contribution in [0.15, 0.2) is 6.33 Å². The number of rotatable bonds is 2. The van der Waals surface area contributed by atoms with E-state index in [1.165, 1.54) is 6.33 Å². The van der Waals surface area contributed by atoms with Crippen molar-refractivity contribution in [2.24, 2.45) is 0 Å². The Labute approximate surface area is 85.3 Å². The Morgan fingerprint density at radius 3 is 3.14 bits per heavy atom. The zero-order valence-electron chi connectivity index (χ0n) is 7.31. The van der Waals surface area contributed by atoms with E-state index in [9.17, 15) is 4.79 Å². The molecule has 1 saturated heterocycles. The summed E-state index contributed by atoms with van der Waals surface area (Å²) in [6.45, 7) is 1.17. The maximum absolute atomic E-state index is 10.9. The third kappa shape index (κ3) is 1.49.